The Hall–Kier alpha value is -1.15. The number of piperidine rings is 1. The number of likely N-dealkylation sites (tertiary alicyclic amines) is 1. The van der Waals surface area contributed by atoms with Gasteiger partial charge in [0, 0.05) is 82.5 Å². The molecule has 1 aromatic carbocycles. The van der Waals surface area contributed by atoms with Crippen LogP contribution in [0.25, 0.3) is 0 Å². The minimum absolute atomic E-state index is 0.513. The summed E-state index contributed by atoms with van der Waals surface area (Å²) in [6.07, 6.45) is 2.33. The Morgan fingerprint density at radius 1 is 1.07 bits per heavy atom. The fourth-order valence-corrected chi connectivity index (χ4v) is 4.87. The van der Waals surface area contributed by atoms with Gasteiger partial charge < -0.3 is 10.6 Å². The quantitative estimate of drug-likeness (QED) is 0.528. The van der Waals surface area contributed by atoms with E-state index in [0.717, 1.165) is 36.6 Å². The average Bonchev–Trinajstić information content (AvgIpc) is 2.75. The summed E-state index contributed by atoms with van der Waals surface area (Å²) in [4.78, 5) is 12.2. The lowest BCUT2D eigenvalue weighted by molar-refractivity contribution is 0.0154. The molecule has 4 saturated heterocycles. The van der Waals surface area contributed by atoms with Crippen molar-refractivity contribution in [3.05, 3.63) is 34.3 Å². The van der Waals surface area contributed by atoms with Gasteiger partial charge in [0.25, 0.3) is 0 Å². The van der Waals surface area contributed by atoms with Crippen LogP contribution in [0.5, 0.6) is 0 Å². The van der Waals surface area contributed by atoms with Crippen molar-refractivity contribution >= 4 is 21.9 Å². The summed E-state index contributed by atoms with van der Waals surface area (Å²) < 4.78 is 1.15. The third kappa shape index (κ3) is 5.26. The summed E-state index contributed by atoms with van der Waals surface area (Å²) in [6.45, 7) is 10.4. The second-order valence-corrected chi connectivity index (χ2v) is 9.18. The molecule has 4 aliphatic heterocycles. The topological polar surface area (TPSA) is 46.1 Å². The van der Waals surface area contributed by atoms with Crippen LogP contribution in [-0.2, 0) is 6.54 Å². The number of nitrogens with one attached hydrogen (secondary N) is 2. The lowest BCUT2D eigenvalue weighted by Crippen LogP contribution is -2.64. The molecule has 1 unspecified atom stereocenters. The first kappa shape index (κ1) is 20.1. The largest absolute Gasteiger partial charge is 0.355 e. The molecule has 7 heteroatoms. The summed E-state index contributed by atoms with van der Waals surface area (Å²) >= 11 is 3.51. The van der Waals surface area contributed by atoms with E-state index in [2.05, 4.69) is 70.5 Å². The first-order chi connectivity index (χ1) is 13.7. The first-order valence-corrected chi connectivity index (χ1v) is 11.4. The lowest BCUT2D eigenvalue weighted by Gasteiger charge is -2.47. The number of piperazine rings is 3. The minimum atomic E-state index is 0.513. The molecule has 0 radical (unpaired) electrons. The van der Waals surface area contributed by atoms with Crippen molar-refractivity contribution in [2.24, 2.45) is 4.99 Å². The molecule has 154 valence electrons. The molecule has 2 N–H and O–H groups in total. The number of aliphatic imine (C=N–C) groups is 1. The molecule has 0 aromatic heterocycles. The van der Waals surface area contributed by atoms with Gasteiger partial charge in [0.05, 0.1) is 0 Å². The Kier molecular flexibility index (Phi) is 6.88. The number of hydrogen-bond donors (Lipinski definition) is 2. The van der Waals surface area contributed by atoms with Gasteiger partial charge in [0.2, 0.25) is 0 Å². The molecule has 5 rings (SSSR count). The highest BCUT2D eigenvalue weighted by atomic mass is 79.9. The number of benzene rings is 1. The third-order valence-corrected chi connectivity index (χ3v) is 6.90. The average molecular weight is 449 g/mol. The first-order valence-electron chi connectivity index (χ1n) is 10.6. The Bertz CT molecular complexity index is 647. The molecule has 2 bridgehead atoms. The van der Waals surface area contributed by atoms with Crippen LogP contribution >= 0.6 is 15.9 Å². The fourth-order valence-electron chi connectivity index (χ4n) is 4.60. The van der Waals surface area contributed by atoms with Crippen molar-refractivity contribution in [1.82, 2.24) is 25.3 Å². The van der Waals surface area contributed by atoms with Crippen molar-refractivity contribution in [2.45, 2.75) is 31.5 Å². The van der Waals surface area contributed by atoms with Gasteiger partial charge >= 0.3 is 0 Å². The van der Waals surface area contributed by atoms with Gasteiger partial charge in [-0.25, -0.2) is 0 Å². The van der Waals surface area contributed by atoms with Crippen LogP contribution < -0.4 is 10.6 Å². The van der Waals surface area contributed by atoms with Crippen molar-refractivity contribution in [3.63, 3.8) is 0 Å². The van der Waals surface area contributed by atoms with Gasteiger partial charge in [0.1, 0.15) is 0 Å². The smallest absolute Gasteiger partial charge is 0.191 e. The van der Waals surface area contributed by atoms with E-state index in [1.807, 2.05) is 7.05 Å². The van der Waals surface area contributed by atoms with Crippen LogP contribution in [-0.4, -0.2) is 92.1 Å². The minimum Gasteiger partial charge on any atom is -0.355 e. The van der Waals surface area contributed by atoms with E-state index in [4.69, 9.17) is 0 Å². The molecular formula is C21H33BrN6. The van der Waals surface area contributed by atoms with Crippen LogP contribution in [0.4, 0.5) is 0 Å². The number of hydrogen-bond acceptors (Lipinski definition) is 4. The van der Waals surface area contributed by atoms with Gasteiger partial charge in [0.15, 0.2) is 5.96 Å². The number of nitrogens with zero attached hydrogens (tertiary/aromatic N) is 4. The molecule has 6 nitrogen and oxygen atoms in total. The molecule has 0 amide bonds. The molecule has 28 heavy (non-hydrogen) atoms. The monoisotopic (exact) mass is 448 g/mol. The van der Waals surface area contributed by atoms with Gasteiger partial charge in [-0.1, -0.05) is 28.1 Å². The van der Waals surface area contributed by atoms with Crippen LogP contribution in [0.3, 0.4) is 0 Å². The molecule has 0 saturated carbocycles. The third-order valence-electron chi connectivity index (χ3n) is 6.37. The summed E-state index contributed by atoms with van der Waals surface area (Å²) in [5.41, 5.74) is 1.39. The maximum Gasteiger partial charge on any atom is 0.191 e. The van der Waals surface area contributed by atoms with E-state index in [-0.39, 0.29) is 0 Å². The highest BCUT2D eigenvalue weighted by Gasteiger charge is 2.31. The number of fused-ring (bicyclic) bond motifs is 3. The predicted molar refractivity (Wildman–Crippen MR) is 119 cm³/mol. The Labute approximate surface area is 177 Å². The number of guanidine groups is 1. The van der Waals surface area contributed by atoms with Crippen LogP contribution in [0.2, 0.25) is 0 Å². The Balaban J connectivity index is 1.18. The molecule has 1 aromatic rings. The van der Waals surface area contributed by atoms with Crippen LogP contribution in [0, 0.1) is 0 Å². The zero-order chi connectivity index (χ0) is 19.3. The van der Waals surface area contributed by atoms with Crippen molar-refractivity contribution in [3.8, 4) is 0 Å². The predicted octanol–water partition coefficient (Wildman–Crippen LogP) is 1.58. The van der Waals surface area contributed by atoms with E-state index in [9.17, 15) is 0 Å². The number of rotatable bonds is 5. The van der Waals surface area contributed by atoms with E-state index in [1.54, 1.807) is 0 Å². The van der Waals surface area contributed by atoms with Crippen molar-refractivity contribution in [1.29, 1.82) is 0 Å². The zero-order valence-electron chi connectivity index (χ0n) is 16.9. The SMILES string of the molecule is CN=C(NCC1CN2CCN1CC2)NC1CCN(Cc2ccc(Br)cc2)CC1. The van der Waals surface area contributed by atoms with E-state index >= 15 is 0 Å². The zero-order valence-corrected chi connectivity index (χ0v) is 18.5. The molecule has 4 fully saturated rings. The fraction of sp³-hybridized carbons (Fsp3) is 0.667. The number of halogens is 1. The molecule has 1 atom stereocenters. The normalized spacial score (nSPS) is 29.1. The van der Waals surface area contributed by atoms with Gasteiger partial charge in [-0.05, 0) is 30.5 Å². The van der Waals surface area contributed by atoms with Gasteiger partial charge in [-0.15, -0.1) is 0 Å². The molecule has 4 aliphatic rings. The molecule has 0 aliphatic carbocycles. The highest BCUT2D eigenvalue weighted by Crippen LogP contribution is 2.17. The second kappa shape index (κ2) is 9.57. The standard InChI is InChI=1S/C21H33BrN6/c1-23-21(24-14-20-16-27-10-12-28(20)13-11-27)25-19-6-8-26(9-7-19)15-17-2-4-18(22)5-3-17/h2-5,19-20H,6-16H2,1H3,(H2,23,24,25). The Morgan fingerprint density at radius 2 is 1.79 bits per heavy atom. The molecular weight excluding hydrogens is 416 g/mol. The van der Waals surface area contributed by atoms with Gasteiger partial charge in [-0.2, -0.15) is 0 Å². The van der Waals surface area contributed by atoms with E-state index in [1.165, 1.54) is 51.1 Å². The van der Waals surface area contributed by atoms with Crippen LogP contribution in [0.15, 0.2) is 33.7 Å². The molecule has 0 spiro atoms. The molecule has 4 heterocycles. The maximum atomic E-state index is 4.47. The summed E-state index contributed by atoms with van der Waals surface area (Å²) in [5.74, 6) is 0.962. The Morgan fingerprint density at radius 3 is 2.39 bits per heavy atom. The van der Waals surface area contributed by atoms with Gasteiger partial charge in [-0.3, -0.25) is 19.7 Å². The summed E-state index contributed by atoms with van der Waals surface area (Å²) in [6, 6.07) is 9.82. The van der Waals surface area contributed by atoms with Crippen LogP contribution in [0.1, 0.15) is 18.4 Å². The second-order valence-electron chi connectivity index (χ2n) is 8.26. The van der Waals surface area contributed by atoms with Crippen molar-refractivity contribution in [2.75, 3.05) is 59.4 Å². The summed E-state index contributed by atoms with van der Waals surface area (Å²) in [5, 5.41) is 7.24. The lowest BCUT2D eigenvalue weighted by atomic mass is 10.0. The van der Waals surface area contributed by atoms with E-state index < -0.39 is 0 Å². The maximum absolute atomic E-state index is 4.47. The highest BCUT2D eigenvalue weighted by molar-refractivity contribution is 9.10. The van der Waals surface area contributed by atoms with Crippen molar-refractivity contribution < 1.29 is 0 Å². The summed E-state index contributed by atoms with van der Waals surface area (Å²) in [7, 11) is 1.88. The van der Waals surface area contributed by atoms with E-state index in [0.29, 0.717) is 12.1 Å².